The predicted molar refractivity (Wildman–Crippen MR) is 89.1 cm³/mol. The van der Waals surface area contributed by atoms with Crippen LogP contribution in [0.15, 0.2) is 77.4 Å². The maximum Gasteiger partial charge on any atom is 0.185 e. The number of para-hydroxylation sites is 1. The van der Waals surface area contributed by atoms with Crippen molar-refractivity contribution in [2.75, 3.05) is 0 Å². The number of rotatable bonds is 1. The van der Waals surface area contributed by atoms with E-state index in [2.05, 4.69) is 4.42 Å². The molecule has 0 aliphatic heterocycles. The number of hydrogen-bond acceptors (Lipinski definition) is 6. The molecule has 0 atom stereocenters. The zero-order valence-electron chi connectivity index (χ0n) is 12.8. The Balaban J connectivity index is 0.000000315. The van der Waals surface area contributed by atoms with Gasteiger partial charge >= 0.3 is 0 Å². The first kappa shape index (κ1) is 20.5. The molecule has 0 saturated heterocycles. The molecule has 126 valence electrons. The fourth-order valence-corrected chi connectivity index (χ4v) is 1.28. The Morgan fingerprint density at radius 3 is 1.54 bits per heavy atom. The Bertz CT molecular complexity index is 648. The predicted octanol–water partition coefficient (Wildman–Crippen LogP) is 3.40. The number of phenols is 3. The second kappa shape index (κ2) is 13.1. The molecule has 0 bridgehead atoms. The largest absolute Gasteiger partial charge is 0.508 e. The number of furan rings is 1. The van der Waals surface area contributed by atoms with Gasteiger partial charge < -0.3 is 24.5 Å². The van der Waals surface area contributed by atoms with Crippen LogP contribution in [-0.4, -0.2) is 28.4 Å². The Hall–Kier alpha value is -3.54. The van der Waals surface area contributed by atoms with Crippen LogP contribution in [0.25, 0.3) is 0 Å². The third kappa shape index (κ3) is 10.2. The molecule has 6 heteroatoms. The van der Waals surface area contributed by atoms with E-state index >= 15 is 0 Å². The second-order valence-corrected chi connectivity index (χ2v) is 3.99. The Morgan fingerprint density at radius 2 is 1.29 bits per heavy atom. The van der Waals surface area contributed by atoms with Crippen molar-refractivity contribution in [3.8, 4) is 17.2 Å². The normalized spacial score (nSPS) is 8.17. The average Bonchev–Trinajstić information content (AvgIpc) is 3.12. The number of aldehydes is 1. The highest BCUT2D eigenvalue weighted by molar-refractivity contribution is 5.69. The number of carbonyl (C=O) groups is 2. The summed E-state index contributed by atoms with van der Waals surface area (Å²) >= 11 is 0. The van der Waals surface area contributed by atoms with Gasteiger partial charge in [-0.3, -0.25) is 4.79 Å². The third-order valence-corrected chi connectivity index (χ3v) is 2.25. The quantitative estimate of drug-likeness (QED) is 0.590. The van der Waals surface area contributed by atoms with Gasteiger partial charge in [0.05, 0.1) is 6.26 Å². The highest BCUT2D eigenvalue weighted by atomic mass is 16.3. The molecule has 24 heavy (non-hydrogen) atoms. The lowest BCUT2D eigenvalue weighted by Crippen LogP contribution is -1.65. The van der Waals surface area contributed by atoms with E-state index in [4.69, 9.17) is 20.1 Å². The van der Waals surface area contributed by atoms with Crippen molar-refractivity contribution >= 4 is 13.1 Å². The lowest BCUT2D eigenvalue weighted by atomic mass is 10.3. The van der Waals surface area contributed by atoms with Gasteiger partial charge in [-0.2, -0.15) is 0 Å². The van der Waals surface area contributed by atoms with Crippen LogP contribution < -0.4 is 0 Å². The van der Waals surface area contributed by atoms with Crippen molar-refractivity contribution in [3.63, 3.8) is 0 Å². The van der Waals surface area contributed by atoms with Crippen LogP contribution in [0.5, 0.6) is 17.2 Å². The molecular formula is C18H18O6. The summed E-state index contributed by atoms with van der Waals surface area (Å²) in [6, 6.07) is 17.8. The summed E-state index contributed by atoms with van der Waals surface area (Å²) in [5.74, 6) is 0.873. The minimum absolute atomic E-state index is 0.0880. The molecule has 6 nitrogen and oxygen atoms in total. The summed E-state index contributed by atoms with van der Waals surface area (Å²) < 4.78 is 4.61. The highest BCUT2D eigenvalue weighted by Gasteiger charge is 1.86. The van der Waals surface area contributed by atoms with Crippen LogP contribution >= 0.6 is 0 Å². The van der Waals surface area contributed by atoms with Gasteiger partial charge in [0.1, 0.15) is 24.0 Å². The van der Waals surface area contributed by atoms with Gasteiger partial charge in [0.25, 0.3) is 0 Å². The highest BCUT2D eigenvalue weighted by Crippen LogP contribution is 2.14. The van der Waals surface area contributed by atoms with Gasteiger partial charge in [-0.25, -0.2) is 0 Å². The molecule has 3 N–H and O–H groups in total. The Kier molecular flexibility index (Phi) is 11.2. The van der Waals surface area contributed by atoms with Crippen molar-refractivity contribution in [3.05, 3.63) is 78.8 Å². The van der Waals surface area contributed by atoms with E-state index in [1.165, 1.54) is 24.5 Å². The van der Waals surface area contributed by atoms with E-state index < -0.39 is 0 Å². The van der Waals surface area contributed by atoms with E-state index in [0.29, 0.717) is 17.8 Å². The number of carbonyl (C=O) groups excluding carboxylic acids is 2. The van der Waals surface area contributed by atoms with Gasteiger partial charge in [0.15, 0.2) is 12.0 Å². The maximum atomic E-state index is 9.77. The molecule has 0 fully saturated rings. The Labute approximate surface area is 139 Å². The van der Waals surface area contributed by atoms with Crippen LogP contribution in [-0.2, 0) is 4.79 Å². The molecule has 0 radical (unpaired) electrons. The van der Waals surface area contributed by atoms with E-state index in [1.54, 1.807) is 42.5 Å². The molecule has 3 rings (SSSR count). The summed E-state index contributed by atoms with van der Waals surface area (Å²) in [7, 11) is 0. The maximum absolute atomic E-state index is 9.77. The fourth-order valence-electron chi connectivity index (χ4n) is 1.28. The first-order valence-corrected chi connectivity index (χ1v) is 6.61. The van der Waals surface area contributed by atoms with E-state index in [-0.39, 0.29) is 11.5 Å². The van der Waals surface area contributed by atoms with Crippen molar-refractivity contribution in [1.82, 2.24) is 0 Å². The SMILES string of the molecule is C=O.O=Cc1ccco1.Oc1cccc(O)c1.Oc1ccccc1. The molecule has 0 unspecified atom stereocenters. The number of hydrogen-bond donors (Lipinski definition) is 3. The number of benzene rings is 2. The molecule has 0 saturated carbocycles. The van der Waals surface area contributed by atoms with Crippen LogP contribution in [0.2, 0.25) is 0 Å². The molecule has 0 aliphatic carbocycles. The van der Waals surface area contributed by atoms with Gasteiger partial charge in [-0.1, -0.05) is 24.3 Å². The van der Waals surface area contributed by atoms with Crippen LogP contribution in [0.4, 0.5) is 0 Å². The lowest BCUT2D eigenvalue weighted by Gasteiger charge is -1.89. The van der Waals surface area contributed by atoms with Gasteiger partial charge in [0.2, 0.25) is 0 Å². The van der Waals surface area contributed by atoms with E-state index in [0.717, 1.165) is 0 Å². The summed E-state index contributed by atoms with van der Waals surface area (Å²) in [6.07, 6.45) is 2.13. The van der Waals surface area contributed by atoms with Crippen LogP contribution in [0.3, 0.4) is 0 Å². The summed E-state index contributed by atoms with van der Waals surface area (Å²) in [6.45, 7) is 2.00. The van der Waals surface area contributed by atoms with Crippen molar-refractivity contribution in [2.24, 2.45) is 0 Å². The topological polar surface area (TPSA) is 108 Å². The third-order valence-electron chi connectivity index (χ3n) is 2.25. The number of aromatic hydroxyl groups is 3. The summed E-state index contributed by atoms with van der Waals surface area (Å²) in [5, 5.41) is 25.9. The monoisotopic (exact) mass is 330 g/mol. The van der Waals surface area contributed by atoms with Gasteiger partial charge in [0, 0.05) is 6.07 Å². The van der Waals surface area contributed by atoms with Crippen molar-refractivity contribution in [2.45, 2.75) is 0 Å². The molecular weight excluding hydrogens is 312 g/mol. The van der Waals surface area contributed by atoms with Crippen LogP contribution in [0, 0.1) is 0 Å². The zero-order chi connectivity index (χ0) is 18.2. The smallest absolute Gasteiger partial charge is 0.185 e. The first-order chi connectivity index (χ1) is 11.6. The van der Waals surface area contributed by atoms with Crippen molar-refractivity contribution in [1.29, 1.82) is 0 Å². The molecule has 0 spiro atoms. The Morgan fingerprint density at radius 1 is 0.750 bits per heavy atom. The molecule has 0 aliphatic rings. The fraction of sp³-hybridized carbons (Fsp3) is 0. The van der Waals surface area contributed by atoms with Crippen molar-refractivity contribution < 1.29 is 29.3 Å². The first-order valence-electron chi connectivity index (χ1n) is 6.61. The van der Waals surface area contributed by atoms with Gasteiger partial charge in [-0.05, 0) is 36.4 Å². The molecule has 1 aromatic heterocycles. The summed E-state index contributed by atoms with van der Waals surface area (Å²) in [5.41, 5.74) is 0. The lowest BCUT2D eigenvalue weighted by molar-refractivity contribution is -0.0980. The minimum atomic E-state index is 0.0880. The van der Waals surface area contributed by atoms with Gasteiger partial charge in [-0.15, -0.1) is 0 Å². The van der Waals surface area contributed by atoms with Crippen LogP contribution in [0.1, 0.15) is 10.6 Å². The minimum Gasteiger partial charge on any atom is -0.508 e. The number of phenolic OH excluding ortho intramolecular Hbond substituents is 3. The average molecular weight is 330 g/mol. The van der Waals surface area contributed by atoms with E-state index in [9.17, 15) is 4.79 Å². The van der Waals surface area contributed by atoms with E-state index in [1.807, 2.05) is 12.9 Å². The molecule has 2 aromatic carbocycles. The zero-order valence-corrected chi connectivity index (χ0v) is 12.8. The molecule has 3 aromatic rings. The summed E-state index contributed by atoms with van der Waals surface area (Å²) in [4.78, 5) is 17.8. The molecule has 1 heterocycles. The standard InChI is InChI=1S/C6H6O2.C6H6O.C5H4O2.CH2O/c7-5-2-1-3-6(8)4-5;7-6-4-2-1-3-5-6;6-4-5-2-1-3-7-5;1-2/h1-4,7-8H;1-5,7H;1-4H;1H2. The molecule has 0 amide bonds. The second-order valence-electron chi connectivity index (χ2n) is 3.99.